The number of aryl methyl sites for hydroxylation is 1. The van der Waals surface area contributed by atoms with Crippen molar-refractivity contribution in [1.29, 1.82) is 0 Å². The van der Waals surface area contributed by atoms with E-state index in [9.17, 15) is 28.0 Å². The summed E-state index contributed by atoms with van der Waals surface area (Å²) < 4.78 is 58.7. The first-order chi connectivity index (χ1) is 27.7. The van der Waals surface area contributed by atoms with Crippen molar-refractivity contribution in [3.8, 4) is 11.1 Å². The van der Waals surface area contributed by atoms with Crippen LogP contribution in [0, 0.1) is 12.7 Å². The molecule has 16 heteroatoms. The predicted molar refractivity (Wildman–Crippen MR) is 215 cm³/mol. The fourth-order valence-electron chi connectivity index (χ4n) is 7.42. The maximum absolute atomic E-state index is 16.3. The van der Waals surface area contributed by atoms with Gasteiger partial charge in [0.1, 0.15) is 17.5 Å². The van der Waals surface area contributed by atoms with E-state index in [0.29, 0.717) is 43.0 Å². The molecule has 12 nitrogen and oxygen atoms in total. The molecule has 5 N–H and O–H groups in total. The van der Waals surface area contributed by atoms with Crippen LogP contribution < -0.4 is 21.3 Å². The topological polar surface area (TPSA) is 143 Å². The van der Waals surface area contributed by atoms with Gasteiger partial charge in [-0.3, -0.25) is 14.5 Å². The van der Waals surface area contributed by atoms with Crippen molar-refractivity contribution in [2.75, 3.05) is 80.2 Å². The average molecular weight is 800 g/mol. The molecule has 0 unspecified atom stereocenters. The molecule has 58 heavy (non-hydrogen) atoms. The maximum atomic E-state index is 16.3. The monoisotopic (exact) mass is 799 g/mol. The molecular formula is C42H45F4N9O3. The van der Waals surface area contributed by atoms with Crippen molar-refractivity contribution in [1.82, 2.24) is 24.8 Å². The van der Waals surface area contributed by atoms with Gasteiger partial charge in [0.05, 0.1) is 22.9 Å². The molecular weight excluding hydrogens is 755 g/mol. The number of carbonyl (C=O) groups excluding carboxylic acids is 2. The number of halogens is 4. The number of benzene rings is 4. The summed E-state index contributed by atoms with van der Waals surface area (Å²) in [5.74, 6) is -1.88. The molecule has 2 amide bonds. The van der Waals surface area contributed by atoms with Crippen molar-refractivity contribution in [3.05, 3.63) is 107 Å². The van der Waals surface area contributed by atoms with Crippen LogP contribution in [0.1, 0.15) is 39.8 Å². The number of piperazine rings is 2. The number of carbonyl (C=O) groups is 2. The number of fused-ring (bicyclic) bond motifs is 1. The van der Waals surface area contributed by atoms with Crippen molar-refractivity contribution in [2.24, 2.45) is 0 Å². The van der Waals surface area contributed by atoms with Gasteiger partial charge in [-0.2, -0.15) is 18.2 Å². The highest BCUT2D eigenvalue weighted by molar-refractivity contribution is 6.05. The van der Waals surface area contributed by atoms with Gasteiger partial charge in [0.2, 0.25) is 5.91 Å². The average Bonchev–Trinajstić information content (AvgIpc) is 3.19. The van der Waals surface area contributed by atoms with Gasteiger partial charge in [-0.15, -0.1) is 0 Å². The van der Waals surface area contributed by atoms with Crippen LogP contribution in [0.2, 0.25) is 0 Å². The van der Waals surface area contributed by atoms with E-state index in [2.05, 4.69) is 37.3 Å². The lowest BCUT2D eigenvalue weighted by Crippen LogP contribution is -2.46. The third-order valence-corrected chi connectivity index (χ3v) is 10.7. The summed E-state index contributed by atoms with van der Waals surface area (Å²) in [4.78, 5) is 41.5. The highest BCUT2D eigenvalue weighted by Gasteiger charge is 2.35. The Labute approximate surface area is 333 Å². The van der Waals surface area contributed by atoms with E-state index in [1.165, 1.54) is 24.3 Å². The lowest BCUT2D eigenvalue weighted by molar-refractivity contribution is -0.139. The molecule has 0 bridgehead atoms. The number of nitrogen functional groups attached to an aromatic ring is 1. The highest BCUT2D eigenvalue weighted by Crippen LogP contribution is 2.36. The van der Waals surface area contributed by atoms with Crippen LogP contribution in [0.25, 0.3) is 22.0 Å². The van der Waals surface area contributed by atoms with E-state index in [4.69, 9.17) is 5.73 Å². The minimum absolute atomic E-state index is 0.0160. The van der Waals surface area contributed by atoms with E-state index in [-0.39, 0.29) is 63.8 Å². The molecule has 2 saturated heterocycles. The number of alkyl halides is 3. The number of nitrogens with two attached hydrogens (primary N) is 1. The number of likely N-dealkylation sites (N-methyl/N-ethyl adjacent to an activating group) is 1. The number of nitrogens with one attached hydrogen (secondary N) is 2. The Bertz CT molecular complexity index is 2310. The summed E-state index contributed by atoms with van der Waals surface area (Å²) in [5, 5.41) is 16.2. The Hall–Kier alpha value is -5.68. The summed E-state index contributed by atoms with van der Waals surface area (Å²) in [6, 6.07) is 19.0. The summed E-state index contributed by atoms with van der Waals surface area (Å²) in [5.41, 5.74) is 8.52. The van der Waals surface area contributed by atoms with Crippen LogP contribution in [0.5, 0.6) is 0 Å². The second-order valence-electron chi connectivity index (χ2n) is 14.6. The van der Waals surface area contributed by atoms with Crippen molar-refractivity contribution < 1.29 is 32.4 Å². The second-order valence-corrected chi connectivity index (χ2v) is 14.6. The van der Waals surface area contributed by atoms with Gasteiger partial charge < -0.3 is 31.4 Å². The van der Waals surface area contributed by atoms with Gasteiger partial charge in [0, 0.05) is 87.1 Å². The molecule has 0 aliphatic carbocycles. The molecule has 2 aliphatic heterocycles. The fourth-order valence-corrected chi connectivity index (χ4v) is 7.42. The summed E-state index contributed by atoms with van der Waals surface area (Å²) >= 11 is 0. The standard InChI is InChI=1S/C42H45F4N9O3/c1-3-52-14-18-54(19-15-52)31-10-8-29(9-11-31)48-37(56)24-36-50-35-13-12-32(39(43)38(35)40(47)51-36)33-23-30(7-4-26(33)2)49-41(57)27-5-6-28(34(22-27)42(44,45)46)25-53-16-20-55(58)21-17-53/h4-13,22-23,58H,3,14-21,24-25H2,1-2H3,(H,48,56)(H,49,57)(H2,47,50,51). The lowest BCUT2D eigenvalue weighted by Gasteiger charge is -2.35. The Morgan fingerprint density at radius 2 is 1.50 bits per heavy atom. The molecule has 304 valence electrons. The third-order valence-electron chi connectivity index (χ3n) is 10.7. The van der Waals surface area contributed by atoms with E-state index < -0.39 is 23.5 Å². The van der Waals surface area contributed by atoms with E-state index in [1.54, 1.807) is 25.1 Å². The largest absolute Gasteiger partial charge is 0.416 e. The number of aromatic nitrogens is 2. The first kappa shape index (κ1) is 40.5. The minimum atomic E-state index is -4.70. The lowest BCUT2D eigenvalue weighted by atomic mass is 9.97. The molecule has 2 aliphatic rings. The Morgan fingerprint density at radius 3 is 2.19 bits per heavy atom. The summed E-state index contributed by atoms with van der Waals surface area (Å²) in [6.07, 6.45) is -4.90. The van der Waals surface area contributed by atoms with Crippen LogP contribution >= 0.6 is 0 Å². The van der Waals surface area contributed by atoms with Gasteiger partial charge in [-0.05, 0) is 90.8 Å². The van der Waals surface area contributed by atoms with Crippen LogP contribution in [0.15, 0.2) is 72.8 Å². The second kappa shape index (κ2) is 17.0. The van der Waals surface area contributed by atoms with Gasteiger partial charge in [0.25, 0.3) is 5.91 Å². The molecule has 4 aromatic carbocycles. The smallest absolute Gasteiger partial charge is 0.383 e. The van der Waals surface area contributed by atoms with Crippen LogP contribution in [0.4, 0.5) is 40.4 Å². The molecule has 0 atom stereocenters. The third kappa shape index (κ3) is 9.20. The molecule has 1 aromatic heterocycles. The first-order valence-corrected chi connectivity index (χ1v) is 19.2. The minimum Gasteiger partial charge on any atom is -0.383 e. The van der Waals surface area contributed by atoms with E-state index in [1.807, 2.05) is 29.2 Å². The first-order valence-electron chi connectivity index (χ1n) is 19.2. The number of hydroxylamine groups is 2. The number of amides is 2. The Morgan fingerprint density at radius 1 is 0.810 bits per heavy atom. The van der Waals surface area contributed by atoms with Gasteiger partial charge in [0.15, 0.2) is 0 Å². The van der Waals surface area contributed by atoms with E-state index in [0.717, 1.165) is 49.5 Å². The van der Waals surface area contributed by atoms with Crippen LogP contribution in [-0.2, 0) is 23.9 Å². The predicted octanol–water partition coefficient (Wildman–Crippen LogP) is 6.43. The SMILES string of the molecule is CCN1CCN(c2ccc(NC(=O)Cc3nc(N)c4c(F)c(-c5cc(NC(=O)c6ccc(CN7CCN(O)CC7)c(C(F)(F)F)c6)ccc5C)ccc4n3)cc2)CC1. The zero-order valence-corrected chi connectivity index (χ0v) is 32.2. The summed E-state index contributed by atoms with van der Waals surface area (Å²) in [6.45, 7) is 10.3. The number of anilines is 4. The number of hydrogen-bond donors (Lipinski definition) is 4. The van der Waals surface area contributed by atoms with Crippen molar-refractivity contribution >= 4 is 45.6 Å². The van der Waals surface area contributed by atoms with Crippen LogP contribution in [-0.4, -0.2) is 101 Å². The van der Waals surface area contributed by atoms with Gasteiger partial charge in [-0.1, -0.05) is 19.1 Å². The number of nitrogens with zero attached hydrogens (tertiary/aromatic N) is 6. The molecule has 0 spiro atoms. The number of hydrogen-bond acceptors (Lipinski definition) is 10. The van der Waals surface area contributed by atoms with Crippen molar-refractivity contribution in [3.63, 3.8) is 0 Å². The Balaban J connectivity index is 1.04. The fraction of sp³-hybridized carbons (Fsp3) is 0.333. The van der Waals surface area contributed by atoms with E-state index >= 15 is 4.39 Å². The molecule has 2 fully saturated rings. The zero-order valence-electron chi connectivity index (χ0n) is 32.2. The zero-order chi connectivity index (χ0) is 41.1. The maximum Gasteiger partial charge on any atom is 0.416 e. The Kier molecular flexibility index (Phi) is 11.9. The summed E-state index contributed by atoms with van der Waals surface area (Å²) in [7, 11) is 0. The molecule has 5 aromatic rings. The van der Waals surface area contributed by atoms with Crippen molar-refractivity contribution in [2.45, 2.75) is 33.0 Å². The molecule has 0 radical (unpaired) electrons. The molecule has 7 rings (SSSR count). The molecule has 0 saturated carbocycles. The normalized spacial score (nSPS) is 15.8. The van der Waals surface area contributed by atoms with Gasteiger partial charge >= 0.3 is 6.18 Å². The highest BCUT2D eigenvalue weighted by atomic mass is 19.4. The number of rotatable bonds is 10. The molecule has 3 heterocycles. The van der Waals surface area contributed by atoms with Gasteiger partial charge in [-0.25, -0.2) is 14.4 Å². The quantitative estimate of drug-likeness (QED) is 0.117. The van der Waals surface area contributed by atoms with Crippen LogP contribution in [0.3, 0.4) is 0 Å².